The third-order valence-corrected chi connectivity index (χ3v) is 8.73. The monoisotopic (exact) mass is 797 g/mol. The molecule has 0 bridgehead atoms. The van der Waals surface area contributed by atoms with Gasteiger partial charge < -0.3 is 9.30 Å². The number of fused-ring (bicyclic) bond motifs is 3. The maximum atomic E-state index is 6.40. The van der Waals surface area contributed by atoms with Crippen molar-refractivity contribution in [3.8, 4) is 34.1 Å². The molecule has 4 aromatic carbocycles. The molecule has 0 atom stereocenters. The minimum atomic E-state index is 0. The van der Waals surface area contributed by atoms with Crippen LogP contribution in [-0.2, 0) is 27.5 Å². The van der Waals surface area contributed by atoms with Gasteiger partial charge in [-0.05, 0) is 82.3 Å². The Bertz CT molecular complexity index is 2210. The topological polar surface area (TPSA) is 44.9 Å². The van der Waals surface area contributed by atoms with Crippen LogP contribution < -0.4 is 4.74 Å². The van der Waals surface area contributed by atoms with Crippen molar-refractivity contribution in [3.05, 3.63) is 132 Å². The van der Waals surface area contributed by atoms with Crippen molar-refractivity contribution in [2.45, 2.75) is 59.8 Å². The fourth-order valence-corrected chi connectivity index (χ4v) is 6.60. The predicted octanol–water partition coefficient (Wildman–Crippen LogP) is 10.5. The first-order chi connectivity index (χ1) is 22.3. The van der Waals surface area contributed by atoms with Crippen LogP contribution in [0.5, 0.6) is 11.5 Å². The maximum Gasteiger partial charge on any atom is 2.00 e. The molecule has 0 fully saturated rings. The van der Waals surface area contributed by atoms with Gasteiger partial charge >= 0.3 is 21.1 Å². The van der Waals surface area contributed by atoms with Gasteiger partial charge in [-0.2, -0.15) is 17.2 Å². The Morgan fingerprint density at radius 1 is 0.830 bits per heavy atom. The van der Waals surface area contributed by atoms with Crippen LogP contribution in [0, 0.1) is 19.1 Å². The molecule has 0 aliphatic rings. The van der Waals surface area contributed by atoms with Gasteiger partial charge in [0.25, 0.3) is 0 Å². The van der Waals surface area contributed by atoms with Gasteiger partial charge in [0, 0.05) is 35.0 Å². The molecular formula is C41H38N4OPt. The second kappa shape index (κ2) is 13.3. The summed E-state index contributed by atoms with van der Waals surface area (Å²) in [7, 11) is 0. The zero-order chi connectivity index (χ0) is 31.9. The van der Waals surface area contributed by atoms with E-state index in [1.54, 1.807) is 0 Å². The number of pyridine rings is 1. The molecule has 3 heterocycles. The Hall–Kier alpha value is -4.47. The predicted molar refractivity (Wildman–Crippen MR) is 188 cm³/mol. The molecule has 0 aliphatic heterocycles. The molecule has 0 saturated heterocycles. The van der Waals surface area contributed by atoms with Gasteiger partial charge in [-0.3, -0.25) is 4.68 Å². The van der Waals surface area contributed by atoms with E-state index in [1.165, 1.54) is 22.3 Å². The number of ether oxygens (including phenoxy) is 1. The van der Waals surface area contributed by atoms with Crippen LogP contribution in [0.15, 0.2) is 97.5 Å². The second-order valence-corrected chi connectivity index (χ2v) is 12.6. The smallest absolute Gasteiger partial charge is 0.509 e. The Kier molecular flexibility index (Phi) is 9.21. The van der Waals surface area contributed by atoms with Crippen LogP contribution in [-0.4, -0.2) is 19.3 Å². The molecule has 0 saturated carbocycles. The summed E-state index contributed by atoms with van der Waals surface area (Å²) in [6.07, 6.45) is 6.95. The molecule has 0 amide bonds. The molecular weight excluding hydrogens is 760 g/mol. The number of rotatable bonds is 8. The minimum Gasteiger partial charge on any atom is -0.509 e. The zero-order valence-corrected chi connectivity index (χ0v) is 29.9. The van der Waals surface area contributed by atoms with Gasteiger partial charge in [-0.15, -0.1) is 35.7 Å². The van der Waals surface area contributed by atoms with Crippen LogP contribution >= 0.6 is 0 Å². The number of aromatic nitrogens is 4. The summed E-state index contributed by atoms with van der Waals surface area (Å²) in [5.41, 5.74) is 10.6. The number of para-hydroxylation sites is 1. The number of hydrogen-bond donors (Lipinski definition) is 0. The molecule has 7 aromatic rings. The van der Waals surface area contributed by atoms with Crippen LogP contribution in [0.4, 0.5) is 0 Å². The van der Waals surface area contributed by atoms with E-state index in [1.807, 2.05) is 47.4 Å². The molecule has 0 radical (unpaired) electrons. The summed E-state index contributed by atoms with van der Waals surface area (Å²) >= 11 is 0. The van der Waals surface area contributed by atoms with Crippen molar-refractivity contribution in [1.82, 2.24) is 19.3 Å². The Morgan fingerprint density at radius 3 is 2.40 bits per heavy atom. The summed E-state index contributed by atoms with van der Waals surface area (Å²) in [6, 6.07) is 34.0. The first kappa shape index (κ1) is 32.5. The normalized spacial score (nSPS) is 11.5. The third-order valence-electron chi connectivity index (χ3n) is 8.73. The van der Waals surface area contributed by atoms with E-state index in [0.717, 1.165) is 50.9 Å². The Balaban J connectivity index is 0.00000386. The van der Waals surface area contributed by atoms with Gasteiger partial charge in [0.05, 0.1) is 6.20 Å². The fourth-order valence-electron chi connectivity index (χ4n) is 6.60. The zero-order valence-electron chi connectivity index (χ0n) is 27.6. The number of benzene rings is 4. The standard InChI is InChI=1S/C41H38N4O.Pt/c1-7-29-15-17-34(26(2)3)41(40(29)27(4)5)30-24-43-44(25-30)31-11-10-12-32(22-31)46-33-16-18-36-35-13-8-9-14-37(35)45(38(36)23-33)39-21-28(6)19-20-42-39;/h8-21,24-27H,7H2,1-6H3;/q-2;+2. The summed E-state index contributed by atoms with van der Waals surface area (Å²) < 4.78 is 10.4. The summed E-state index contributed by atoms with van der Waals surface area (Å²) in [4.78, 5) is 4.69. The molecule has 47 heavy (non-hydrogen) atoms. The van der Waals surface area contributed by atoms with Crippen molar-refractivity contribution in [1.29, 1.82) is 0 Å². The third kappa shape index (κ3) is 6.05. The van der Waals surface area contributed by atoms with E-state index < -0.39 is 0 Å². The SMILES string of the molecule is CCc1ccc(C(C)C)c(-c2cnn(-c3[c-]c(Oc4[c-]c5c(cc4)c4ccccc4n5-c4cc(C)ccn4)ccc3)c2)c1C(C)C.[Pt+2]. The van der Waals surface area contributed by atoms with E-state index in [-0.39, 0.29) is 21.1 Å². The van der Waals surface area contributed by atoms with Crippen molar-refractivity contribution in [2.75, 3.05) is 0 Å². The Morgan fingerprint density at radius 2 is 1.64 bits per heavy atom. The molecule has 0 unspecified atom stereocenters. The van der Waals surface area contributed by atoms with E-state index in [4.69, 9.17) is 14.8 Å². The van der Waals surface area contributed by atoms with Crippen molar-refractivity contribution < 1.29 is 25.8 Å². The number of nitrogens with zero attached hydrogens (tertiary/aromatic N) is 4. The molecule has 3 aromatic heterocycles. The van der Waals surface area contributed by atoms with E-state index in [2.05, 4.69) is 113 Å². The molecule has 0 N–H and O–H groups in total. The number of aryl methyl sites for hydroxylation is 2. The largest absolute Gasteiger partial charge is 2.00 e. The fraction of sp³-hybridized carbons (Fsp3) is 0.220. The summed E-state index contributed by atoms with van der Waals surface area (Å²) in [6.45, 7) is 13.4. The molecule has 238 valence electrons. The average Bonchev–Trinajstić information content (AvgIpc) is 3.67. The van der Waals surface area contributed by atoms with Crippen LogP contribution in [0.3, 0.4) is 0 Å². The van der Waals surface area contributed by atoms with Gasteiger partial charge in [-0.25, -0.2) is 4.98 Å². The summed E-state index contributed by atoms with van der Waals surface area (Å²) in [5.74, 6) is 2.87. The molecule has 7 rings (SSSR count). The van der Waals surface area contributed by atoms with E-state index >= 15 is 0 Å². The van der Waals surface area contributed by atoms with Gasteiger partial charge in [0.15, 0.2) is 0 Å². The van der Waals surface area contributed by atoms with E-state index in [9.17, 15) is 0 Å². The van der Waals surface area contributed by atoms with Crippen molar-refractivity contribution >= 4 is 21.8 Å². The van der Waals surface area contributed by atoms with Gasteiger partial charge in [-0.1, -0.05) is 70.5 Å². The van der Waals surface area contributed by atoms with Crippen LogP contribution in [0.1, 0.15) is 68.7 Å². The second-order valence-electron chi connectivity index (χ2n) is 12.6. The van der Waals surface area contributed by atoms with Crippen molar-refractivity contribution in [3.63, 3.8) is 0 Å². The number of hydrogen-bond acceptors (Lipinski definition) is 3. The first-order valence-corrected chi connectivity index (χ1v) is 16.1. The van der Waals surface area contributed by atoms with Gasteiger partial charge in [0.2, 0.25) is 0 Å². The van der Waals surface area contributed by atoms with Crippen LogP contribution in [0.2, 0.25) is 0 Å². The molecule has 0 aliphatic carbocycles. The van der Waals surface area contributed by atoms with Crippen LogP contribution in [0.25, 0.3) is 44.4 Å². The molecule has 6 heteroatoms. The maximum absolute atomic E-state index is 6.40. The Labute approximate surface area is 291 Å². The molecule has 0 spiro atoms. The first-order valence-electron chi connectivity index (χ1n) is 16.1. The average molecular weight is 798 g/mol. The van der Waals surface area contributed by atoms with Crippen molar-refractivity contribution in [2.24, 2.45) is 0 Å². The summed E-state index contributed by atoms with van der Waals surface area (Å²) in [5, 5.41) is 7.05. The van der Waals surface area contributed by atoms with Gasteiger partial charge in [0.1, 0.15) is 5.82 Å². The minimum absolute atomic E-state index is 0. The van der Waals surface area contributed by atoms with E-state index in [0.29, 0.717) is 23.3 Å². The molecule has 5 nitrogen and oxygen atoms in total. The quantitative estimate of drug-likeness (QED) is 0.144.